The molecule has 0 spiro atoms. The Morgan fingerprint density at radius 3 is 0.485 bits per heavy atom. The number of rotatable bonds is 24. The molecule has 0 saturated carbocycles. The summed E-state index contributed by atoms with van der Waals surface area (Å²) in [5, 5.41) is 28.1. The van der Waals surface area contributed by atoms with Crippen molar-refractivity contribution in [2.45, 2.75) is 0 Å². The Hall–Kier alpha value is -15.9. The van der Waals surface area contributed by atoms with E-state index in [9.17, 15) is 0 Å². The zero-order chi connectivity index (χ0) is 88.1. The molecule has 0 unspecified atom stereocenters. The van der Waals surface area contributed by atoms with Gasteiger partial charge in [0.25, 0.3) is 0 Å². The van der Waals surface area contributed by atoms with Crippen molar-refractivity contribution in [3.63, 3.8) is 0 Å². The standard InChI is InChI=1S/C126H94N2Si4/c1-13-45-103(46-14-1)129(104-47-15-2-16-48-104,105-49-17-3-18-50-105)115-87-79-97(80-88-115)95-75-83-99(84-76-95)127(101-43-41-69-117(91-101)131(109-57-25-7-26-58-109,110-59-27-8-28-60-110)111-61-29-9-30-62-111)125-93-123-120-72-38-40-74-122(120)126(94-124(123)119-71-37-39-73-121(119)125)128(102-44-42-70-118(92-102)132(112-63-31-10-32-64-112,113-65-33-11-34-66-113)114-67-35-12-36-68-114)100-85-77-96(78-86-100)98-81-89-116(90-82-98)130(106-51-19-4-20-52-106,107-53-21-5-22-54-107)108-55-23-6-24-56-108/h1-94H. The first-order valence-corrected chi connectivity index (χ1v) is 53.8. The van der Waals surface area contributed by atoms with E-state index < -0.39 is 32.3 Å². The van der Waals surface area contributed by atoms with Crippen LogP contribution in [0.25, 0.3) is 54.6 Å². The molecule has 22 aromatic rings. The van der Waals surface area contributed by atoms with Gasteiger partial charge < -0.3 is 9.80 Å². The maximum atomic E-state index is 2.56. The van der Waals surface area contributed by atoms with Gasteiger partial charge in [-0.1, -0.05) is 510 Å². The lowest BCUT2D eigenvalue weighted by molar-refractivity contribution is 1.30. The Kier molecular flexibility index (Phi) is 22.3. The van der Waals surface area contributed by atoms with E-state index in [0.29, 0.717) is 0 Å². The number of hydrogen-bond donors (Lipinski definition) is 0. The Morgan fingerprint density at radius 2 is 0.273 bits per heavy atom. The van der Waals surface area contributed by atoms with Crippen molar-refractivity contribution in [2.75, 3.05) is 9.80 Å². The van der Waals surface area contributed by atoms with Crippen LogP contribution in [0, 0.1) is 0 Å². The molecule has 0 aliphatic heterocycles. The van der Waals surface area contributed by atoms with Crippen molar-refractivity contribution in [2.24, 2.45) is 0 Å². The Balaban J connectivity index is 0.740. The predicted molar refractivity (Wildman–Crippen MR) is 574 cm³/mol. The topological polar surface area (TPSA) is 6.48 Å². The Bertz CT molecular complexity index is 6880. The molecule has 22 aromatic carbocycles. The Morgan fingerprint density at radius 1 is 0.106 bits per heavy atom. The van der Waals surface area contributed by atoms with Crippen molar-refractivity contribution in [3.8, 4) is 22.3 Å². The highest BCUT2D eigenvalue weighted by atomic mass is 28.3. The smallest absolute Gasteiger partial charge is 0.179 e. The van der Waals surface area contributed by atoms with Crippen LogP contribution in [-0.4, -0.2) is 32.3 Å². The second-order valence-electron chi connectivity index (χ2n) is 34.4. The first kappa shape index (κ1) is 81.8. The summed E-state index contributed by atoms with van der Waals surface area (Å²) in [5.41, 5.74) is 10.9. The SMILES string of the molecule is c1ccc([Si](c2ccccc2)(c2ccccc2)c2ccc(-c3ccc(N(c4cccc([Si](c5ccccc5)(c5ccccc5)c5ccccc5)c4)c4cc5c6ccccc6c(N(c6ccc(-c7ccc([Si](c8ccccc8)(c8ccccc8)c8ccccc8)cc7)cc6)c6cccc([Si](c7ccccc7)(c7ccccc7)c7ccccc7)c6)cc5c5ccccc45)cc3)cc2)cc1. The average Bonchev–Trinajstić information content (AvgIpc) is 0.716. The van der Waals surface area contributed by atoms with Crippen molar-refractivity contribution >= 4 is 182 Å². The van der Waals surface area contributed by atoms with Gasteiger partial charge in [-0.3, -0.25) is 0 Å². The molecule has 624 valence electrons. The molecule has 0 aliphatic carbocycles. The second-order valence-corrected chi connectivity index (χ2v) is 49.6. The van der Waals surface area contributed by atoms with Gasteiger partial charge in [-0.2, -0.15) is 0 Å². The number of fused-ring (bicyclic) bond motifs is 5. The fourth-order valence-corrected chi connectivity index (χ4v) is 40.6. The fraction of sp³-hybridized carbons (Fsp3) is 0. The van der Waals surface area contributed by atoms with Gasteiger partial charge >= 0.3 is 0 Å². The third kappa shape index (κ3) is 14.4. The van der Waals surface area contributed by atoms with Gasteiger partial charge in [-0.15, -0.1) is 0 Å². The van der Waals surface area contributed by atoms with E-state index in [1.807, 2.05) is 0 Å². The van der Waals surface area contributed by atoms with Crippen molar-refractivity contribution in [1.82, 2.24) is 0 Å². The molecule has 0 N–H and O–H groups in total. The first-order chi connectivity index (χ1) is 65.5. The van der Waals surface area contributed by atoms with E-state index in [1.165, 1.54) is 83.0 Å². The van der Waals surface area contributed by atoms with Crippen LogP contribution >= 0.6 is 0 Å². The van der Waals surface area contributed by atoms with E-state index in [-0.39, 0.29) is 0 Å². The fourth-order valence-electron chi connectivity index (χ4n) is 21.6. The van der Waals surface area contributed by atoms with E-state index >= 15 is 0 Å². The molecule has 132 heavy (non-hydrogen) atoms. The van der Waals surface area contributed by atoms with E-state index in [0.717, 1.165) is 88.7 Å². The van der Waals surface area contributed by atoms with Crippen molar-refractivity contribution < 1.29 is 0 Å². The van der Waals surface area contributed by atoms with Crippen LogP contribution in [-0.2, 0) is 0 Å². The summed E-state index contributed by atoms with van der Waals surface area (Å²) < 4.78 is 0. The van der Waals surface area contributed by atoms with Crippen molar-refractivity contribution in [3.05, 3.63) is 570 Å². The maximum Gasteiger partial charge on any atom is 0.179 e. The molecule has 0 fully saturated rings. The summed E-state index contributed by atoms with van der Waals surface area (Å²) in [6.07, 6.45) is 0. The molecule has 2 nitrogen and oxygen atoms in total. The largest absolute Gasteiger partial charge is 0.310 e. The van der Waals surface area contributed by atoms with Crippen LogP contribution in [0.5, 0.6) is 0 Å². The van der Waals surface area contributed by atoms with Crippen LogP contribution in [0.2, 0.25) is 0 Å². The highest BCUT2D eigenvalue weighted by Crippen LogP contribution is 2.48. The number of benzene rings is 22. The van der Waals surface area contributed by atoms with Gasteiger partial charge in [-0.25, -0.2) is 0 Å². The van der Waals surface area contributed by atoms with Crippen LogP contribution < -0.4 is 92.8 Å². The highest BCUT2D eigenvalue weighted by Gasteiger charge is 2.46. The molecule has 0 saturated heterocycles. The summed E-state index contributed by atoms with van der Waals surface area (Å²) in [5.74, 6) is 0. The van der Waals surface area contributed by atoms with E-state index in [1.54, 1.807) is 0 Å². The minimum Gasteiger partial charge on any atom is -0.310 e. The summed E-state index contributed by atoms with van der Waals surface area (Å²) in [7, 11) is -11.7. The minimum absolute atomic E-state index is 1.04. The molecule has 0 atom stereocenters. The third-order valence-electron chi connectivity index (χ3n) is 27.4. The van der Waals surface area contributed by atoms with Crippen LogP contribution in [0.3, 0.4) is 0 Å². The molecule has 22 rings (SSSR count). The number of nitrogens with zero attached hydrogens (tertiary/aromatic N) is 2. The monoisotopic (exact) mass is 1750 g/mol. The summed E-state index contributed by atoms with van der Waals surface area (Å²) in [6.45, 7) is 0. The normalized spacial score (nSPS) is 11.8. The molecule has 0 bridgehead atoms. The predicted octanol–water partition coefficient (Wildman–Crippen LogP) is 20.9. The lowest BCUT2D eigenvalue weighted by atomic mass is 9.93. The molecular weight excluding hydrogens is 1650 g/mol. The van der Waals surface area contributed by atoms with E-state index in [4.69, 9.17) is 0 Å². The van der Waals surface area contributed by atoms with Gasteiger partial charge in [0.2, 0.25) is 0 Å². The molecule has 0 radical (unpaired) electrons. The van der Waals surface area contributed by atoms with Crippen LogP contribution in [0.4, 0.5) is 34.1 Å². The maximum absolute atomic E-state index is 3.08. The minimum atomic E-state index is -3.08. The van der Waals surface area contributed by atoms with Gasteiger partial charge in [0.1, 0.15) is 0 Å². The lowest BCUT2D eigenvalue weighted by Crippen LogP contribution is -2.74. The first-order valence-electron chi connectivity index (χ1n) is 45.8. The van der Waals surface area contributed by atoms with Gasteiger partial charge in [0.05, 0.1) is 11.4 Å². The highest BCUT2D eigenvalue weighted by molar-refractivity contribution is 7.22. The zero-order valence-electron chi connectivity index (χ0n) is 73.2. The lowest BCUT2D eigenvalue weighted by Gasteiger charge is -2.36. The quantitative estimate of drug-likeness (QED) is 0.0338. The number of anilines is 6. The van der Waals surface area contributed by atoms with Crippen LogP contribution in [0.1, 0.15) is 0 Å². The summed E-state index contributed by atoms with van der Waals surface area (Å²) in [4.78, 5) is 5.12. The van der Waals surface area contributed by atoms with E-state index in [2.05, 4.69) is 580 Å². The molecule has 0 aliphatic rings. The molecule has 0 amide bonds. The van der Waals surface area contributed by atoms with Gasteiger partial charge in [0, 0.05) is 33.5 Å². The number of hydrogen-bond acceptors (Lipinski definition) is 2. The van der Waals surface area contributed by atoms with Crippen molar-refractivity contribution in [1.29, 1.82) is 0 Å². The zero-order valence-corrected chi connectivity index (χ0v) is 77.2. The second kappa shape index (κ2) is 36.0. The molecule has 0 heterocycles. The Labute approximate surface area is 778 Å². The summed E-state index contributed by atoms with van der Waals surface area (Å²) >= 11 is 0. The molecule has 0 aromatic heterocycles. The van der Waals surface area contributed by atoms with Crippen LogP contribution in [0.15, 0.2) is 570 Å². The summed E-state index contributed by atoms with van der Waals surface area (Å²) in [6, 6.07) is 216. The van der Waals surface area contributed by atoms with Gasteiger partial charge in [0.15, 0.2) is 32.3 Å². The average molecular weight is 1750 g/mol. The van der Waals surface area contributed by atoms with Gasteiger partial charge in [-0.05, 0) is 187 Å². The third-order valence-corrected chi connectivity index (χ3v) is 46.6. The molecule has 6 heteroatoms. The molecular formula is C126H94N2Si4.